The highest BCUT2D eigenvalue weighted by atomic mass is 16.5. The summed E-state index contributed by atoms with van der Waals surface area (Å²) in [6.45, 7) is 7.02. The van der Waals surface area contributed by atoms with Crippen molar-refractivity contribution in [2.75, 3.05) is 18.9 Å². The normalized spacial score (nSPS) is 10.3. The smallest absolute Gasteiger partial charge is 0.268 e. The van der Waals surface area contributed by atoms with E-state index >= 15 is 0 Å². The minimum Gasteiger partial charge on any atom is -0.490 e. The molecular weight excluding hydrogens is 344 g/mol. The van der Waals surface area contributed by atoms with Gasteiger partial charge in [0.2, 0.25) is 0 Å². The topological polar surface area (TPSA) is 125 Å². The molecular formula is C20H22N4O3. The molecule has 0 atom stereocenters. The predicted octanol–water partition coefficient (Wildman–Crippen LogP) is 3.19. The minimum atomic E-state index is -0.640. The molecule has 0 radical (unpaired) electrons. The average molecular weight is 366 g/mol. The summed E-state index contributed by atoms with van der Waals surface area (Å²) < 4.78 is 11.5. The number of anilines is 1. The van der Waals surface area contributed by atoms with Crippen LogP contribution in [0.2, 0.25) is 0 Å². The number of aromatic amines is 1. The number of nitrogens with one attached hydrogen (secondary N) is 1. The Bertz CT molecular complexity index is 965. The number of ether oxygens (including phenoxy) is 2. The summed E-state index contributed by atoms with van der Waals surface area (Å²) in [5.41, 5.74) is 5.68. The Hall–Kier alpha value is -3.45. The van der Waals surface area contributed by atoms with Gasteiger partial charge in [-0.25, -0.2) is 0 Å². The number of rotatable bonds is 7. The first-order valence-electron chi connectivity index (χ1n) is 8.68. The van der Waals surface area contributed by atoms with E-state index in [0.29, 0.717) is 36.2 Å². The molecule has 27 heavy (non-hydrogen) atoms. The van der Waals surface area contributed by atoms with Crippen LogP contribution in [0.4, 0.5) is 5.82 Å². The number of aromatic nitrogens is 1. The van der Waals surface area contributed by atoms with Crippen molar-refractivity contribution in [1.29, 1.82) is 10.5 Å². The highest BCUT2D eigenvalue weighted by Gasteiger charge is 2.19. The van der Waals surface area contributed by atoms with E-state index in [1.807, 2.05) is 19.1 Å². The number of hydrogen-bond acceptors (Lipinski definition) is 6. The summed E-state index contributed by atoms with van der Waals surface area (Å²) in [5, 5.41) is 18.8. The third kappa shape index (κ3) is 4.39. The van der Waals surface area contributed by atoms with Crippen molar-refractivity contribution in [1.82, 2.24) is 4.98 Å². The van der Waals surface area contributed by atoms with Crippen LogP contribution in [0.3, 0.4) is 0 Å². The standard InChI is InChI=1S/C20H22N4O3/c1-4-26-17-9-13(5-6-16(17)27-8-7-12(2)3)18-14(10-21)19(23)24-20(25)15(18)11-22/h5-6,9,12H,4,7-8H2,1-3H3,(H3,23,24,25). The van der Waals surface area contributed by atoms with E-state index < -0.39 is 5.56 Å². The lowest BCUT2D eigenvalue weighted by molar-refractivity contribution is 0.261. The Morgan fingerprint density at radius 1 is 1.15 bits per heavy atom. The molecule has 0 spiro atoms. The highest BCUT2D eigenvalue weighted by Crippen LogP contribution is 2.36. The van der Waals surface area contributed by atoms with Gasteiger partial charge in [-0.05, 0) is 37.0 Å². The van der Waals surface area contributed by atoms with Gasteiger partial charge in [-0.3, -0.25) is 4.79 Å². The van der Waals surface area contributed by atoms with Gasteiger partial charge >= 0.3 is 0 Å². The Labute approximate surface area is 158 Å². The summed E-state index contributed by atoms with van der Waals surface area (Å²) >= 11 is 0. The highest BCUT2D eigenvalue weighted by molar-refractivity contribution is 5.81. The van der Waals surface area contributed by atoms with Crippen molar-refractivity contribution in [2.45, 2.75) is 27.2 Å². The van der Waals surface area contributed by atoms with E-state index in [1.54, 1.807) is 18.2 Å². The molecule has 3 N–H and O–H groups in total. The molecule has 1 aromatic heterocycles. The van der Waals surface area contributed by atoms with Crippen LogP contribution in [0, 0.1) is 28.6 Å². The molecule has 7 heteroatoms. The molecule has 1 heterocycles. The van der Waals surface area contributed by atoms with E-state index in [-0.39, 0.29) is 22.5 Å². The van der Waals surface area contributed by atoms with Crippen LogP contribution < -0.4 is 20.8 Å². The van der Waals surface area contributed by atoms with Crippen molar-refractivity contribution in [3.8, 4) is 34.8 Å². The number of benzene rings is 1. The number of nitriles is 2. The van der Waals surface area contributed by atoms with Crippen molar-refractivity contribution in [3.63, 3.8) is 0 Å². The largest absolute Gasteiger partial charge is 0.490 e. The third-order valence-corrected chi connectivity index (χ3v) is 3.95. The van der Waals surface area contributed by atoms with Gasteiger partial charge in [0.05, 0.1) is 13.2 Å². The molecule has 140 valence electrons. The fraction of sp³-hybridized carbons (Fsp3) is 0.350. The van der Waals surface area contributed by atoms with Gasteiger partial charge in [0, 0.05) is 5.56 Å². The van der Waals surface area contributed by atoms with Crippen LogP contribution in [0.15, 0.2) is 23.0 Å². The predicted molar refractivity (Wildman–Crippen MR) is 102 cm³/mol. The molecule has 1 aromatic carbocycles. The average Bonchev–Trinajstić information content (AvgIpc) is 2.62. The van der Waals surface area contributed by atoms with Gasteiger partial charge in [-0.2, -0.15) is 10.5 Å². The van der Waals surface area contributed by atoms with Crippen LogP contribution in [-0.4, -0.2) is 18.2 Å². The van der Waals surface area contributed by atoms with Crippen LogP contribution in [-0.2, 0) is 0 Å². The molecule has 0 saturated heterocycles. The van der Waals surface area contributed by atoms with Gasteiger partial charge in [0.1, 0.15) is 29.1 Å². The number of pyridine rings is 1. The zero-order valence-electron chi connectivity index (χ0n) is 15.6. The van der Waals surface area contributed by atoms with Gasteiger partial charge in [0.15, 0.2) is 11.5 Å². The van der Waals surface area contributed by atoms with Crippen LogP contribution in [0.5, 0.6) is 11.5 Å². The molecule has 7 nitrogen and oxygen atoms in total. The molecule has 0 unspecified atom stereocenters. The van der Waals surface area contributed by atoms with Crippen LogP contribution in [0.1, 0.15) is 38.3 Å². The maximum atomic E-state index is 12.1. The van der Waals surface area contributed by atoms with Gasteiger partial charge in [-0.1, -0.05) is 19.9 Å². The molecule has 0 aliphatic rings. The van der Waals surface area contributed by atoms with Crippen LogP contribution >= 0.6 is 0 Å². The van der Waals surface area contributed by atoms with Gasteiger partial charge in [-0.15, -0.1) is 0 Å². The Morgan fingerprint density at radius 2 is 1.85 bits per heavy atom. The quantitative estimate of drug-likeness (QED) is 0.775. The van der Waals surface area contributed by atoms with Gasteiger partial charge in [0.25, 0.3) is 5.56 Å². The SMILES string of the molecule is CCOc1cc(-c2c(C#N)c(N)[nH]c(=O)c2C#N)ccc1OCCC(C)C. The van der Waals surface area contributed by atoms with E-state index in [1.165, 1.54) is 0 Å². The van der Waals surface area contributed by atoms with E-state index in [9.17, 15) is 15.3 Å². The molecule has 0 saturated carbocycles. The Kier molecular flexibility index (Phi) is 6.46. The van der Waals surface area contributed by atoms with Crippen molar-refractivity contribution < 1.29 is 9.47 Å². The third-order valence-electron chi connectivity index (χ3n) is 3.95. The zero-order chi connectivity index (χ0) is 20.0. The Balaban J connectivity index is 2.58. The molecule has 0 bridgehead atoms. The molecule has 0 aliphatic carbocycles. The number of nitrogens with zero attached hydrogens (tertiary/aromatic N) is 2. The summed E-state index contributed by atoms with van der Waals surface area (Å²) in [5.74, 6) is 1.48. The van der Waals surface area contributed by atoms with E-state index in [0.717, 1.165) is 6.42 Å². The lowest BCUT2D eigenvalue weighted by Gasteiger charge is -2.15. The Morgan fingerprint density at radius 3 is 2.44 bits per heavy atom. The summed E-state index contributed by atoms with van der Waals surface area (Å²) in [6, 6.07) is 8.86. The second-order valence-electron chi connectivity index (χ2n) is 6.34. The van der Waals surface area contributed by atoms with Crippen molar-refractivity contribution in [3.05, 3.63) is 39.7 Å². The fourth-order valence-electron chi connectivity index (χ4n) is 2.59. The van der Waals surface area contributed by atoms with E-state index in [4.69, 9.17) is 15.2 Å². The first kappa shape index (κ1) is 19.9. The second-order valence-corrected chi connectivity index (χ2v) is 6.34. The molecule has 2 rings (SSSR count). The van der Waals surface area contributed by atoms with Crippen molar-refractivity contribution in [2.24, 2.45) is 5.92 Å². The first-order valence-corrected chi connectivity index (χ1v) is 8.68. The minimum absolute atomic E-state index is 0.0436. The monoisotopic (exact) mass is 366 g/mol. The maximum absolute atomic E-state index is 12.1. The summed E-state index contributed by atoms with van der Waals surface area (Å²) in [7, 11) is 0. The van der Waals surface area contributed by atoms with Crippen LogP contribution in [0.25, 0.3) is 11.1 Å². The summed E-state index contributed by atoms with van der Waals surface area (Å²) in [4.78, 5) is 14.4. The zero-order valence-corrected chi connectivity index (χ0v) is 15.6. The molecule has 0 amide bonds. The second kappa shape index (κ2) is 8.77. The van der Waals surface area contributed by atoms with E-state index in [2.05, 4.69) is 18.8 Å². The molecule has 0 fully saturated rings. The van der Waals surface area contributed by atoms with Gasteiger partial charge < -0.3 is 20.2 Å². The number of H-pyrrole nitrogens is 1. The first-order chi connectivity index (χ1) is 12.9. The number of nitrogen functional groups attached to an aromatic ring is 1. The fourth-order valence-corrected chi connectivity index (χ4v) is 2.59. The summed E-state index contributed by atoms with van der Waals surface area (Å²) in [6.07, 6.45) is 0.898. The van der Waals surface area contributed by atoms with Crippen molar-refractivity contribution >= 4 is 5.82 Å². The number of hydrogen-bond donors (Lipinski definition) is 2. The number of nitrogens with two attached hydrogens (primary N) is 1. The lowest BCUT2D eigenvalue weighted by Crippen LogP contribution is -2.16. The lowest BCUT2D eigenvalue weighted by atomic mass is 9.96. The maximum Gasteiger partial charge on any atom is 0.268 e. The molecule has 2 aromatic rings. The molecule has 0 aliphatic heterocycles.